The highest BCUT2D eigenvalue weighted by Gasteiger charge is 2.33. The monoisotopic (exact) mass is 602 g/mol. The molecule has 1 heterocycles. The third-order valence-corrected chi connectivity index (χ3v) is 8.40. The van der Waals surface area contributed by atoms with Crippen molar-refractivity contribution in [3.63, 3.8) is 0 Å². The molecule has 0 unspecified atom stereocenters. The summed E-state index contributed by atoms with van der Waals surface area (Å²) < 4.78 is 6.26. The van der Waals surface area contributed by atoms with Crippen LogP contribution in [0.3, 0.4) is 0 Å². The second-order valence-corrected chi connectivity index (χ2v) is 12.1. The van der Waals surface area contributed by atoms with E-state index in [4.69, 9.17) is 9.73 Å². The summed E-state index contributed by atoms with van der Waals surface area (Å²) in [6.45, 7) is 9.22. The molecule has 2 N–H and O–H groups in total. The molecule has 3 aromatic rings. The minimum Gasteiger partial charge on any atom is -0.504 e. The molecule has 1 aromatic heterocycles. The second kappa shape index (κ2) is 10.7. The number of halogens is 1. The van der Waals surface area contributed by atoms with Gasteiger partial charge in [-0.1, -0.05) is 39.0 Å². The number of benzene rings is 2. The molecule has 5 nitrogen and oxygen atoms in total. The molecule has 0 saturated heterocycles. The Kier molecular flexibility index (Phi) is 7.86. The maximum absolute atomic E-state index is 13.5. The van der Waals surface area contributed by atoms with Crippen molar-refractivity contribution in [2.75, 3.05) is 11.9 Å². The zero-order chi connectivity index (χ0) is 25.2. The van der Waals surface area contributed by atoms with Crippen molar-refractivity contribution in [3.8, 4) is 11.5 Å². The molecular formula is C28H31IN2O3S. The van der Waals surface area contributed by atoms with Crippen LogP contribution in [-0.4, -0.2) is 23.8 Å². The molecule has 0 fully saturated rings. The molecule has 4 rings (SSSR count). The smallest absolute Gasteiger partial charge is 0.259 e. The van der Waals surface area contributed by atoms with Gasteiger partial charge in [0.15, 0.2) is 11.5 Å². The van der Waals surface area contributed by atoms with Crippen LogP contribution in [-0.2, 0) is 12.8 Å². The summed E-state index contributed by atoms with van der Waals surface area (Å²) in [7, 11) is 0. The molecule has 1 amide bonds. The van der Waals surface area contributed by atoms with Gasteiger partial charge in [-0.15, -0.1) is 11.3 Å². The van der Waals surface area contributed by atoms with E-state index in [1.807, 2.05) is 43.3 Å². The lowest BCUT2D eigenvalue weighted by molar-refractivity contribution is 0.102. The number of hydrogen-bond acceptors (Lipinski definition) is 5. The number of anilines is 1. The van der Waals surface area contributed by atoms with Gasteiger partial charge in [0.05, 0.1) is 15.7 Å². The van der Waals surface area contributed by atoms with E-state index in [1.54, 1.807) is 23.6 Å². The Balaban J connectivity index is 1.72. The van der Waals surface area contributed by atoms with Gasteiger partial charge in [0.1, 0.15) is 5.00 Å². The maximum Gasteiger partial charge on any atom is 0.259 e. The number of carbonyl (C=O) groups excluding carboxylic acids is 1. The SMILES string of the molecule is CCOc1cc(C=Nc2sc3c(c2C(=O)Nc2ccccc2)CC[C@H](C(C)(C)C)C3)cc(I)c1O. The van der Waals surface area contributed by atoms with Crippen LogP contribution >= 0.6 is 33.9 Å². The van der Waals surface area contributed by atoms with Crippen molar-refractivity contribution in [1.82, 2.24) is 0 Å². The Labute approximate surface area is 224 Å². The highest BCUT2D eigenvalue weighted by Crippen LogP contribution is 2.45. The summed E-state index contributed by atoms with van der Waals surface area (Å²) in [4.78, 5) is 19.5. The van der Waals surface area contributed by atoms with Crippen molar-refractivity contribution in [2.24, 2.45) is 16.3 Å². The van der Waals surface area contributed by atoms with Crippen molar-refractivity contribution < 1.29 is 14.6 Å². The third-order valence-electron chi connectivity index (χ3n) is 6.41. The van der Waals surface area contributed by atoms with Gasteiger partial charge in [0.25, 0.3) is 5.91 Å². The van der Waals surface area contributed by atoms with Gasteiger partial charge < -0.3 is 15.2 Å². The number of aromatic hydroxyl groups is 1. The number of phenols is 1. The standard InChI is InChI=1S/C28H31IN2O3S/c1-5-34-22-14-17(13-21(29)25(22)32)16-30-27-24(26(33)31-19-9-7-6-8-10-19)20-12-11-18(28(2,3)4)15-23(20)35-27/h6-10,13-14,16,18,32H,5,11-12,15H2,1-4H3,(H,31,33)/t18-/m0/s1. The van der Waals surface area contributed by atoms with Gasteiger partial charge in [-0.05, 0) is 95.5 Å². The summed E-state index contributed by atoms with van der Waals surface area (Å²) in [5, 5.41) is 14.0. The van der Waals surface area contributed by atoms with Gasteiger partial charge in [0, 0.05) is 16.8 Å². The van der Waals surface area contributed by atoms with Crippen LogP contribution in [0.5, 0.6) is 11.5 Å². The number of nitrogens with one attached hydrogen (secondary N) is 1. The van der Waals surface area contributed by atoms with Gasteiger partial charge >= 0.3 is 0 Å². The van der Waals surface area contributed by atoms with Crippen molar-refractivity contribution in [1.29, 1.82) is 0 Å². The number of ether oxygens (including phenoxy) is 1. The Morgan fingerprint density at radius 2 is 2.03 bits per heavy atom. The first-order chi connectivity index (χ1) is 16.7. The number of hydrogen-bond donors (Lipinski definition) is 2. The number of thiophene rings is 1. The topological polar surface area (TPSA) is 70.9 Å². The highest BCUT2D eigenvalue weighted by molar-refractivity contribution is 14.1. The van der Waals surface area contributed by atoms with Crippen LogP contribution in [0.15, 0.2) is 47.5 Å². The number of rotatable bonds is 6. The molecule has 0 radical (unpaired) electrons. The van der Waals surface area contributed by atoms with Crippen LogP contribution in [0, 0.1) is 14.9 Å². The van der Waals surface area contributed by atoms with E-state index in [2.05, 4.69) is 48.7 Å². The van der Waals surface area contributed by atoms with Gasteiger partial charge in [-0.2, -0.15) is 0 Å². The van der Waals surface area contributed by atoms with Crippen molar-refractivity contribution in [3.05, 3.63) is 67.6 Å². The molecule has 1 aliphatic rings. The second-order valence-electron chi connectivity index (χ2n) is 9.85. The first kappa shape index (κ1) is 25.7. The first-order valence-electron chi connectivity index (χ1n) is 11.9. The zero-order valence-corrected chi connectivity index (χ0v) is 23.5. The lowest BCUT2D eigenvalue weighted by atomic mass is 9.72. The molecule has 35 heavy (non-hydrogen) atoms. The molecule has 0 bridgehead atoms. The third kappa shape index (κ3) is 5.89. The van der Waals surface area contributed by atoms with E-state index in [1.165, 1.54) is 4.88 Å². The Morgan fingerprint density at radius 3 is 2.71 bits per heavy atom. The normalized spacial score (nSPS) is 15.7. The lowest BCUT2D eigenvalue weighted by Crippen LogP contribution is -2.27. The van der Waals surface area contributed by atoms with Gasteiger partial charge in [0.2, 0.25) is 0 Å². The van der Waals surface area contributed by atoms with Crippen molar-refractivity contribution >= 4 is 56.7 Å². The van der Waals surface area contributed by atoms with Crippen LogP contribution in [0.2, 0.25) is 0 Å². The minimum atomic E-state index is -0.120. The van der Waals surface area contributed by atoms with Crippen LogP contribution in [0.1, 0.15) is 60.5 Å². The predicted octanol–water partition coefficient (Wildman–Crippen LogP) is 7.61. The van der Waals surface area contributed by atoms with Crippen LogP contribution < -0.4 is 10.1 Å². The van der Waals surface area contributed by atoms with Crippen LogP contribution in [0.4, 0.5) is 10.7 Å². The summed E-state index contributed by atoms with van der Waals surface area (Å²) >= 11 is 3.71. The molecule has 1 atom stereocenters. The zero-order valence-electron chi connectivity index (χ0n) is 20.5. The highest BCUT2D eigenvalue weighted by atomic mass is 127. The fraction of sp³-hybridized carbons (Fsp3) is 0.357. The molecule has 7 heteroatoms. The van der Waals surface area contributed by atoms with E-state index in [0.717, 1.165) is 41.1 Å². The number of carbonyl (C=O) groups is 1. The quantitative estimate of drug-likeness (QED) is 0.225. The largest absolute Gasteiger partial charge is 0.504 e. The summed E-state index contributed by atoms with van der Waals surface area (Å²) in [5.74, 6) is 1.02. The number of amides is 1. The van der Waals surface area contributed by atoms with E-state index >= 15 is 0 Å². The molecule has 1 aliphatic carbocycles. The lowest BCUT2D eigenvalue weighted by Gasteiger charge is -2.33. The number of fused-ring (bicyclic) bond motifs is 1. The summed E-state index contributed by atoms with van der Waals surface area (Å²) in [6, 6.07) is 13.2. The average Bonchev–Trinajstić information content (AvgIpc) is 3.19. The first-order valence-corrected chi connectivity index (χ1v) is 13.8. The number of aliphatic imine (C=N–C) groups is 1. The fourth-order valence-electron chi connectivity index (χ4n) is 4.42. The van der Waals surface area contributed by atoms with E-state index < -0.39 is 0 Å². The number of para-hydroxylation sites is 1. The minimum absolute atomic E-state index is 0.120. The molecular weight excluding hydrogens is 571 g/mol. The average molecular weight is 603 g/mol. The molecule has 2 aromatic carbocycles. The Morgan fingerprint density at radius 1 is 1.29 bits per heavy atom. The Hall–Kier alpha value is -2.39. The predicted molar refractivity (Wildman–Crippen MR) is 153 cm³/mol. The maximum atomic E-state index is 13.5. The van der Waals surface area contributed by atoms with Crippen molar-refractivity contribution in [2.45, 2.75) is 47.0 Å². The molecule has 0 saturated carbocycles. The van der Waals surface area contributed by atoms with Gasteiger partial charge in [-0.3, -0.25) is 4.79 Å². The van der Waals surface area contributed by atoms with Gasteiger partial charge in [-0.25, -0.2) is 4.99 Å². The molecule has 0 aliphatic heterocycles. The Bertz CT molecular complexity index is 1250. The fourth-order valence-corrected chi connectivity index (χ4v) is 6.31. The number of nitrogens with zero attached hydrogens (tertiary/aromatic N) is 1. The van der Waals surface area contributed by atoms with E-state index in [9.17, 15) is 9.90 Å². The molecule has 0 spiro atoms. The van der Waals surface area contributed by atoms with Crippen LogP contribution in [0.25, 0.3) is 0 Å². The van der Waals surface area contributed by atoms with E-state index in [0.29, 0.717) is 27.4 Å². The summed E-state index contributed by atoms with van der Waals surface area (Å²) in [6.07, 6.45) is 4.67. The van der Waals surface area contributed by atoms with E-state index in [-0.39, 0.29) is 17.1 Å². The molecule has 184 valence electrons. The number of phenolic OH excluding ortho intramolecular Hbond substituents is 1. The summed E-state index contributed by atoms with van der Waals surface area (Å²) in [5.41, 5.74) is 3.60.